The first-order chi connectivity index (χ1) is 21.0. The SMILES string of the molecule is CC(C)c1sc(-c2ccc(-c3nn(C4CCC(N5CCN(C)CC5)CC4)c4ncnc(N)c34)cc2)nc1-c1ccccc1. The predicted molar refractivity (Wildman–Crippen MR) is 176 cm³/mol. The van der Waals surface area contributed by atoms with Crippen LogP contribution in [0.3, 0.4) is 0 Å². The lowest BCUT2D eigenvalue weighted by molar-refractivity contribution is 0.0815. The maximum Gasteiger partial charge on any atom is 0.164 e. The number of nitrogens with two attached hydrogens (primary N) is 1. The zero-order valence-electron chi connectivity index (χ0n) is 25.3. The van der Waals surface area contributed by atoms with E-state index in [2.05, 4.69) is 93.9 Å². The van der Waals surface area contributed by atoms with Crippen LogP contribution in [0, 0.1) is 0 Å². The van der Waals surface area contributed by atoms with Crippen LogP contribution in [0.5, 0.6) is 0 Å². The minimum absolute atomic E-state index is 0.315. The van der Waals surface area contributed by atoms with Crippen molar-refractivity contribution in [2.24, 2.45) is 0 Å². The van der Waals surface area contributed by atoms with E-state index in [0.29, 0.717) is 23.8 Å². The van der Waals surface area contributed by atoms with Crippen LogP contribution in [0.2, 0.25) is 0 Å². The van der Waals surface area contributed by atoms with Crippen molar-refractivity contribution in [3.8, 4) is 33.1 Å². The zero-order chi connectivity index (χ0) is 29.5. The maximum absolute atomic E-state index is 6.47. The number of likely N-dealkylation sites (N-methyl/N-ethyl adjacent to an activating group) is 1. The van der Waals surface area contributed by atoms with Gasteiger partial charge in [0.15, 0.2) is 5.65 Å². The van der Waals surface area contributed by atoms with Gasteiger partial charge in [-0.15, -0.1) is 11.3 Å². The molecule has 2 fully saturated rings. The summed E-state index contributed by atoms with van der Waals surface area (Å²) in [5.74, 6) is 0.881. The lowest BCUT2D eigenvalue weighted by atomic mass is 9.90. The molecule has 43 heavy (non-hydrogen) atoms. The number of aromatic nitrogens is 5. The van der Waals surface area contributed by atoms with Gasteiger partial charge in [0.1, 0.15) is 22.8 Å². The Labute approximate surface area is 257 Å². The van der Waals surface area contributed by atoms with Gasteiger partial charge in [-0.25, -0.2) is 19.6 Å². The van der Waals surface area contributed by atoms with Crippen LogP contribution in [0.1, 0.15) is 56.4 Å². The number of benzene rings is 2. The van der Waals surface area contributed by atoms with E-state index < -0.39 is 0 Å². The molecule has 2 aromatic carbocycles. The Morgan fingerprint density at radius 1 is 0.791 bits per heavy atom. The molecule has 0 spiro atoms. The van der Waals surface area contributed by atoms with E-state index >= 15 is 0 Å². The van der Waals surface area contributed by atoms with Gasteiger partial charge >= 0.3 is 0 Å². The molecule has 1 saturated carbocycles. The molecule has 222 valence electrons. The summed E-state index contributed by atoms with van der Waals surface area (Å²) in [6, 6.07) is 20.0. The van der Waals surface area contributed by atoms with Crippen LogP contribution in [0.25, 0.3) is 44.1 Å². The number of fused-ring (bicyclic) bond motifs is 1. The molecule has 1 saturated heterocycles. The molecular weight excluding hydrogens is 552 g/mol. The fraction of sp³-hybridized carbons (Fsp3) is 0.412. The molecule has 0 bridgehead atoms. The van der Waals surface area contributed by atoms with E-state index in [4.69, 9.17) is 15.8 Å². The summed E-state index contributed by atoms with van der Waals surface area (Å²) in [7, 11) is 2.22. The molecule has 8 nitrogen and oxygen atoms in total. The van der Waals surface area contributed by atoms with Crippen LogP contribution in [-0.2, 0) is 0 Å². The quantitative estimate of drug-likeness (QED) is 0.234. The van der Waals surface area contributed by atoms with Crippen molar-refractivity contribution in [1.82, 2.24) is 34.5 Å². The number of rotatable bonds is 6. The van der Waals surface area contributed by atoms with E-state index in [1.165, 1.54) is 30.8 Å². The topological polar surface area (TPSA) is 89.0 Å². The normalized spacial score (nSPS) is 20.3. The Hall–Kier alpha value is -3.66. The van der Waals surface area contributed by atoms with Crippen molar-refractivity contribution in [3.63, 3.8) is 0 Å². The lowest BCUT2D eigenvalue weighted by Crippen LogP contribution is -2.49. The molecule has 9 heteroatoms. The minimum atomic E-state index is 0.315. The van der Waals surface area contributed by atoms with Gasteiger partial charge in [0.05, 0.1) is 17.1 Å². The molecule has 1 aliphatic carbocycles. The molecule has 2 N–H and O–H groups in total. The van der Waals surface area contributed by atoms with Gasteiger partial charge < -0.3 is 10.6 Å². The summed E-state index contributed by atoms with van der Waals surface area (Å²) in [6.45, 7) is 9.15. The highest BCUT2D eigenvalue weighted by molar-refractivity contribution is 7.15. The van der Waals surface area contributed by atoms with Crippen LogP contribution < -0.4 is 5.73 Å². The Kier molecular flexibility index (Phi) is 7.71. The van der Waals surface area contributed by atoms with Crippen molar-refractivity contribution in [2.75, 3.05) is 39.0 Å². The zero-order valence-corrected chi connectivity index (χ0v) is 26.1. The first kappa shape index (κ1) is 28.1. The highest BCUT2D eigenvalue weighted by Crippen LogP contribution is 2.40. The Morgan fingerprint density at radius 2 is 1.44 bits per heavy atom. The fourth-order valence-electron chi connectivity index (χ4n) is 6.73. The summed E-state index contributed by atoms with van der Waals surface area (Å²) in [5, 5.41) is 7.05. The van der Waals surface area contributed by atoms with Gasteiger partial charge in [0.25, 0.3) is 0 Å². The first-order valence-corrected chi connectivity index (χ1v) is 16.4. The largest absolute Gasteiger partial charge is 0.383 e. The van der Waals surface area contributed by atoms with Crippen LogP contribution in [0.15, 0.2) is 60.9 Å². The van der Waals surface area contributed by atoms with Gasteiger partial charge in [-0.1, -0.05) is 68.4 Å². The number of hydrogen-bond donors (Lipinski definition) is 1. The number of hydrogen-bond acceptors (Lipinski definition) is 8. The van der Waals surface area contributed by atoms with Gasteiger partial charge in [0, 0.05) is 53.8 Å². The van der Waals surface area contributed by atoms with Crippen molar-refractivity contribution >= 4 is 28.2 Å². The highest BCUT2D eigenvalue weighted by Gasteiger charge is 2.30. The molecule has 1 aliphatic heterocycles. The standard InChI is InChI=1S/C34H40N8S/c1-22(2)31-30(23-7-5-4-6-8-23)38-34(43-31)25-11-9-24(10-12-25)29-28-32(35)36-21-37-33(28)42(39-29)27-15-13-26(14-16-27)41-19-17-40(3)18-20-41/h4-12,21-22,26-27H,13-20H2,1-3H3,(H2,35,36,37). The number of anilines is 1. The monoisotopic (exact) mass is 592 g/mol. The van der Waals surface area contributed by atoms with E-state index in [9.17, 15) is 0 Å². The molecule has 0 radical (unpaired) electrons. The number of thiazole rings is 1. The molecule has 3 aromatic heterocycles. The highest BCUT2D eigenvalue weighted by atomic mass is 32.1. The second kappa shape index (κ2) is 11.8. The van der Waals surface area contributed by atoms with E-state index in [0.717, 1.165) is 70.1 Å². The third kappa shape index (κ3) is 5.46. The van der Waals surface area contributed by atoms with Gasteiger partial charge in [-0.05, 0) is 38.6 Å². The van der Waals surface area contributed by atoms with E-state index in [-0.39, 0.29) is 0 Å². The molecule has 5 aromatic rings. The summed E-state index contributed by atoms with van der Waals surface area (Å²) < 4.78 is 2.14. The fourth-order valence-corrected chi connectivity index (χ4v) is 7.82. The predicted octanol–water partition coefficient (Wildman–Crippen LogP) is 6.72. The van der Waals surface area contributed by atoms with E-state index in [1.54, 1.807) is 17.7 Å². The average molecular weight is 593 g/mol. The minimum Gasteiger partial charge on any atom is -0.383 e. The molecule has 0 atom stereocenters. The first-order valence-electron chi connectivity index (χ1n) is 15.5. The average Bonchev–Trinajstić information content (AvgIpc) is 3.66. The molecular formula is C34H40N8S. The van der Waals surface area contributed by atoms with Crippen molar-refractivity contribution in [2.45, 2.75) is 57.5 Å². The number of nitrogens with zero attached hydrogens (tertiary/aromatic N) is 7. The van der Waals surface area contributed by atoms with Crippen LogP contribution in [0.4, 0.5) is 5.82 Å². The molecule has 0 unspecified atom stereocenters. The summed E-state index contributed by atoms with van der Waals surface area (Å²) >= 11 is 1.78. The van der Waals surface area contributed by atoms with Crippen molar-refractivity contribution in [3.05, 3.63) is 65.8 Å². The smallest absolute Gasteiger partial charge is 0.164 e. The Morgan fingerprint density at radius 3 is 2.14 bits per heavy atom. The molecule has 7 rings (SSSR count). The Bertz CT molecular complexity index is 1690. The molecule has 4 heterocycles. The van der Waals surface area contributed by atoms with Crippen molar-refractivity contribution < 1.29 is 0 Å². The lowest BCUT2D eigenvalue weighted by Gasteiger charge is -2.41. The summed E-state index contributed by atoms with van der Waals surface area (Å²) in [5.41, 5.74) is 12.5. The number of nitrogen functional groups attached to an aromatic ring is 1. The van der Waals surface area contributed by atoms with Crippen LogP contribution in [-0.4, -0.2) is 73.8 Å². The number of piperazine rings is 1. The van der Waals surface area contributed by atoms with Gasteiger partial charge in [-0.2, -0.15) is 5.10 Å². The maximum atomic E-state index is 6.47. The molecule has 2 aliphatic rings. The van der Waals surface area contributed by atoms with Gasteiger partial charge in [0.2, 0.25) is 0 Å². The third-order valence-corrected chi connectivity index (χ3v) is 10.6. The van der Waals surface area contributed by atoms with Gasteiger partial charge in [-0.3, -0.25) is 4.90 Å². The van der Waals surface area contributed by atoms with E-state index in [1.807, 2.05) is 6.07 Å². The second-order valence-electron chi connectivity index (χ2n) is 12.4. The van der Waals surface area contributed by atoms with Crippen molar-refractivity contribution in [1.29, 1.82) is 0 Å². The Balaban J connectivity index is 1.16. The second-order valence-corrected chi connectivity index (χ2v) is 13.4. The summed E-state index contributed by atoms with van der Waals surface area (Å²) in [4.78, 5) is 20.6. The third-order valence-electron chi connectivity index (χ3n) is 9.21. The van der Waals surface area contributed by atoms with Crippen LogP contribution >= 0.6 is 11.3 Å². The molecule has 0 amide bonds. The summed E-state index contributed by atoms with van der Waals surface area (Å²) in [6.07, 6.45) is 6.15.